The third-order valence-electron chi connectivity index (χ3n) is 4.24. The van der Waals surface area contributed by atoms with Crippen LogP contribution in [0.5, 0.6) is 0 Å². The van der Waals surface area contributed by atoms with Crippen LogP contribution in [0.25, 0.3) is 10.6 Å². The highest BCUT2D eigenvalue weighted by atomic mass is 32.1. The number of nitrogens with one attached hydrogen (secondary N) is 1. The van der Waals surface area contributed by atoms with Crippen molar-refractivity contribution >= 4 is 33.7 Å². The summed E-state index contributed by atoms with van der Waals surface area (Å²) in [6.45, 7) is 2.24. The fraction of sp³-hybridized carbons (Fsp3) is 0.278. The first kappa shape index (κ1) is 16.4. The number of amides is 1. The first-order chi connectivity index (χ1) is 12.1. The number of halogens is 1. The molecule has 7 heteroatoms. The number of fused-ring (bicyclic) bond motifs is 1. The van der Waals surface area contributed by atoms with E-state index in [0.29, 0.717) is 26.5 Å². The monoisotopic (exact) mass is 373 g/mol. The topological polar surface area (TPSA) is 54.9 Å². The molecule has 1 N–H and O–H groups in total. The molecule has 0 saturated carbocycles. The molecule has 4 nitrogen and oxygen atoms in total. The zero-order valence-electron chi connectivity index (χ0n) is 13.6. The Kier molecular flexibility index (Phi) is 4.35. The van der Waals surface area contributed by atoms with Crippen molar-refractivity contribution in [1.82, 2.24) is 9.97 Å². The highest BCUT2D eigenvalue weighted by Crippen LogP contribution is 2.33. The lowest BCUT2D eigenvalue weighted by Crippen LogP contribution is -2.10. The lowest BCUT2D eigenvalue weighted by atomic mass is 9.93. The van der Waals surface area contributed by atoms with Gasteiger partial charge in [-0.1, -0.05) is 19.1 Å². The van der Waals surface area contributed by atoms with Crippen LogP contribution in [0.3, 0.4) is 0 Å². The Bertz CT molecular complexity index is 934. The molecule has 0 bridgehead atoms. The zero-order chi connectivity index (χ0) is 17.4. The molecule has 128 valence electrons. The minimum Gasteiger partial charge on any atom is -0.297 e. The van der Waals surface area contributed by atoms with Crippen LogP contribution in [0.1, 0.15) is 33.6 Å². The third-order valence-corrected chi connectivity index (χ3v) is 6.31. The predicted octanol–water partition coefficient (Wildman–Crippen LogP) is 4.78. The summed E-state index contributed by atoms with van der Waals surface area (Å²) in [5.41, 5.74) is 1.51. The van der Waals surface area contributed by atoms with Crippen LogP contribution < -0.4 is 5.32 Å². The summed E-state index contributed by atoms with van der Waals surface area (Å²) < 4.78 is 13.9. The van der Waals surface area contributed by atoms with Crippen LogP contribution in [-0.4, -0.2) is 15.9 Å². The molecule has 1 aliphatic carbocycles. The van der Waals surface area contributed by atoms with Gasteiger partial charge in [0.1, 0.15) is 15.7 Å². The van der Waals surface area contributed by atoms with Crippen molar-refractivity contribution in [3.05, 3.63) is 51.7 Å². The molecule has 1 atom stereocenters. The van der Waals surface area contributed by atoms with Crippen molar-refractivity contribution in [2.75, 3.05) is 5.32 Å². The van der Waals surface area contributed by atoms with Crippen molar-refractivity contribution < 1.29 is 9.18 Å². The maximum atomic E-state index is 13.9. The molecule has 0 radical (unpaired) electrons. The van der Waals surface area contributed by atoms with E-state index < -0.39 is 0 Å². The van der Waals surface area contributed by atoms with Gasteiger partial charge in [0, 0.05) is 10.4 Å². The average molecular weight is 373 g/mol. The molecule has 0 spiro atoms. The van der Waals surface area contributed by atoms with Crippen LogP contribution in [0.15, 0.2) is 30.5 Å². The van der Waals surface area contributed by atoms with E-state index >= 15 is 0 Å². The lowest BCUT2D eigenvalue weighted by molar-refractivity contribution is 0.103. The number of benzene rings is 1. The minimum atomic E-state index is -0.342. The van der Waals surface area contributed by atoms with Gasteiger partial charge in [-0.05, 0) is 37.3 Å². The second kappa shape index (κ2) is 6.65. The van der Waals surface area contributed by atoms with Gasteiger partial charge >= 0.3 is 0 Å². The molecule has 3 aromatic rings. The molecule has 1 aliphatic rings. The van der Waals surface area contributed by atoms with E-state index in [2.05, 4.69) is 22.2 Å². The maximum absolute atomic E-state index is 13.9. The number of aromatic nitrogens is 2. The number of rotatable bonds is 3. The summed E-state index contributed by atoms with van der Waals surface area (Å²) in [4.78, 5) is 22.9. The maximum Gasteiger partial charge on any atom is 0.269 e. The number of aryl methyl sites for hydroxylation is 1. The van der Waals surface area contributed by atoms with E-state index in [4.69, 9.17) is 0 Å². The normalized spacial score (nSPS) is 16.5. The number of anilines is 1. The smallest absolute Gasteiger partial charge is 0.269 e. The minimum absolute atomic E-state index is 0.251. The van der Waals surface area contributed by atoms with E-state index in [1.807, 2.05) is 0 Å². The SMILES string of the molecule is CC1CCc2nc(NC(=O)c3cnc(-c4ccccc4F)s3)sc2C1. The van der Waals surface area contributed by atoms with E-state index in [-0.39, 0.29) is 11.7 Å². The summed E-state index contributed by atoms with van der Waals surface area (Å²) in [6.07, 6.45) is 4.63. The highest BCUT2D eigenvalue weighted by molar-refractivity contribution is 7.17. The summed E-state index contributed by atoms with van der Waals surface area (Å²) in [5, 5.41) is 3.98. The molecule has 0 saturated heterocycles. The van der Waals surface area contributed by atoms with Crippen LogP contribution >= 0.6 is 22.7 Å². The van der Waals surface area contributed by atoms with E-state index in [1.54, 1.807) is 29.5 Å². The Labute approximate surface area is 152 Å². The Morgan fingerprint density at radius 3 is 3.00 bits per heavy atom. The number of hydrogen-bond acceptors (Lipinski definition) is 5. The summed E-state index contributed by atoms with van der Waals surface area (Å²) in [7, 11) is 0. The average Bonchev–Trinajstić information content (AvgIpc) is 3.21. The number of hydrogen-bond donors (Lipinski definition) is 1. The fourth-order valence-electron chi connectivity index (χ4n) is 2.89. The molecule has 1 amide bonds. The van der Waals surface area contributed by atoms with Gasteiger partial charge < -0.3 is 0 Å². The van der Waals surface area contributed by atoms with Crippen molar-refractivity contribution in [2.45, 2.75) is 26.2 Å². The molecule has 0 fully saturated rings. The van der Waals surface area contributed by atoms with Crippen molar-refractivity contribution in [1.29, 1.82) is 0 Å². The zero-order valence-corrected chi connectivity index (χ0v) is 15.2. The van der Waals surface area contributed by atoms with Crippen LogP contribution in [0.2, 0.25) is 0 Å². The molecule has 1 unspecified atom stereocenters. The molecule has 4 rings (SSSR count). The standard InChI is InChI=1S/C18H16FN3OS2/c1-10-6-7-13-14(8-10)25-18(21-13)22-16(23)15-9-20-17(24-15)11-4-2-3-5-12(11)19/h2-5,9-10H,6-8H2,1H3,(H,21,22,23). The second-order valence-electron chi connectivity index (χ2n) is 6.20. The number of carbonyl (C=O) groups excluding carboxylic acids is 1. The quantitative estimate of drug-likeness (QED) is 0.719. The van der Waals surface area contributed by atoms with Gasteiger partial charge in [0.15, 0.2) is 5.13 Å². The summed E-state index contributed by atoms with van der Waals surface area (Å²) >= 11 is 2.73. The summed E-state index contributed by atoms with van der Waals surface area (Å²) in [5.74, 6) is 0.0751. The van der Waals surface area contributed by atoms with Gasteiger partial charge in [0.2, 0.25) is 0 Å². The molecule has 2 heterocycles. The number of carbonyl (C=O) groups is 1. The Balaban J connectivity index is 1.52. The van der Waals surface area contributed by atoms with Crippen LogP contribution in [0, 0.1) is 11.7 Å². The lowest BCUT2D eigenvalue weighted by Gasteiger charge is -2.15. The molecular formula is C18H16FN3OS2. The number of thiazole rings is 2. The number of nitrogens with zero attached hydrogens (tertiary/aromatic N) is 2. The Hall–Kier alpha value is -2.12. The van der Waals surface area contributed by atoms with E-state index in [0.717, 1.165) is 25.0 Å². The van der Waals surface area contributed by atoms with Gasteiger partial charge in [-0.2, -0.15) is 0 Å². The summed E-state index contributed by atoms with van der Waals surface area (Å²) in [6, 6.07) is 6.43. The van der Waals surface area contributed by atoms with Gasteiger partial charge in [0.25, 0.3) is 5.91 Å². The van der Waals surface area contributed by atoms with Crippen molar-refractivity contribution in [3.8, 4) is 10.6 Å². The first-order valence-corrected chi connectivity index (χ1v) is 9.74. The molecule has 2 aromatic heterocycles. The van der Waals surface area contributed by atoms with Gasteiger partial charge in [0.05, 0.1) is 11.9 Å². The predicted molar refractivity (Wildman–Crippen MR) is 98.8 cm³/mol. The van der Waals surface area contributed by atoms with Crippen molar-refractivity contribution in [3.63, 3.8) is 0 Å². The second-order valence-corrected chi connectivity index (χ2v) is 8.31. The molecular weight excluding hydrogens is 357 g/mol. The fourth-order valence-corrected chi connectivity index (χ4v) is 4.89. The van der Waals surface area contributed by atoms with Gasteiger partial charge in [-0.25, -0.2) is 14.4 Å². The van der Waals surface area contributed by atoms with E-state index in [1.165, 1.54) is 28.5 Å². The largest absolute Gasteiger partial charge is 0.297 e. The first-order valence-electron chi connectivity index (χ1n) is 8.11. The van der Waals surface area contributed by atoms with Crippen LogP contribution in [-0.2, 0) is 12.8 Å². The van der Waals surface area contributed by atoms with Crippen molar-refractivity contribution in [2.24, 2.45) is 5.92 Å². The van der Waals surface area contributed by atoms with Gasteiger partial charge in [-0.3, -0.25) is 10.1 Å². The molecule has 25 heavy (non-hydrogen) atoms. The third kappa shape index (κ3) is 3.34. The molecule has 1 aromatic carbocycles. The van der Waals surface area contributed by atoms with Crippen LogP contribution in [0.4, 0.5) is 9.52 Å². The highest BCUT2D eigenvalue weighted by Gasteiger charge is 2.21. The molecule has 0 aliphatic heterocycles. The van der Waals surface area contributed by atoms with Gasteiger partial charge in [-0.15, -0.1) is 22.7 Å². The Morgan fingerprint density at radius 1 is 1.32 bits per heavy atom. The Morgan fingerprint density at radius 2 is 2.16 bits per heavy atom. The van der Waals surface area contributed by atoms with E-state index in [9.17, 15) is 9.18 Å².